The van der Waals surface area contributed by atoms with Crippen molar-refractivity contribution in [1.82, 2.24) is 0 Å². The number of rotatable bonds is 5. The maximum Gasteiger partial charge on any atom is 0.337 e. The molecule has 0 radical (unpaired) electrons. The predicted octanol–water partition coefficient (Wildman–Crippen LogP) is 4.15. The number of carbonyl (C=O) groups excluding carboxylic acids is 1. The molecule has 1 atom stereocenters. The summed E-state index contributed by atoms with van der Waals surface area (Å²) in [7, 11) is 0. The number of carboxylic acids is 1. The van der Waals surface area contributed by atoms with Crippen LogP contribution in [0.1, 0.15) is 52.5 Å². The molecule has 2 rings (SSSR count). The average Bonchev–Trinajstić information content (AvgIpc) is 2.54. The van der Waals surface area contributed by atoms with Gasteiger partial charge in [0.2, 0.25) is 0 Å². The van der Waals surface area contributed by atoms with Gasteiger partial charge in [0.05, 0.1) is 11.3 Å². The third kappa shape index (κ3) is 3.52. The number of amides is 1. The van der Waals surface area contributed by atoms with Gasteiger partial charge in [-0.2, -0.15) is 0 Å². The second-order valence-electron chi connectivity index (χ2n) is 5.24. The number of hydrogen-bond acceptors (Lipinski definition) is 2. The summed E-state index contributed by atoms with van der Waals surface area (Å²) in [4.78, 5) is 23.4. The first kappa shape index (κ1) is 15.8. The Morgan fingerprint density at radius 3 is 2.32 bits per heavy atom. The van der Waals surface area contributed by atoms with E-state index >= 15 is 0 Å². The van der Waals surface area contributed by atoms with E-state index in [1.165, 1.54) is 11.6 Å². The van der Waals surface area contributed by atoms with Gasteiger partial charge >= 0.3 is 5.97 Å². The topological polar surface area (TPSA) is 66.4 Å². The van der Waals surface area contributed by atoms with Gasteiger partial charge in [-0.15, -0.1) is 0 Å². The maximum atomic E-state index is 12.2. The number of carbonyl (C=O) groups is 2. The third-order valence-corrected chi connectivity index (χ3v) is 3.76. The van der Waals surface area contributed by atoms with E-state index in [1.54, 1.807) is 30.3 Å². The van der Waals surface area contributed by atoms with Crippen LogP contribution < -0.4 is 5.32 Å². The van der Waals surface area contributed by atoms with E-state index in [4.69, 9.17) is 5.11 Å². The van der Waals surface area contributed by atoms with Crippen LogP contribution >= 0.6 is 0 Å². The molecular formula is C18H19NO3. The summed E-state index contributed by atoms with van der Waals surface area (Å²) in [5, 5.41) is 11.8. The van der Waals surface area contributed by atoms with Crippen LogP contribution in [-0.4, -0.2) is 17.0 Å². The van der Waals surface area contributed by atoms with Crippen molar-refractivity contribution in [2.24, 2.45) is 0 Å². The van der Waals surface area contributed by atoms with E-state index in [0.29, 0.717) is 17.2 Å². The van der Waals surface area contributed by atoms with Gasteiger partial charge in [0.1, 0.15) is 0 Å². The van der Waals surface area contributed by atoms with Crippen molar-refractivity contribution in [3.05, 3.63) is 65.2 Å². The normalized spacial score (nSPS) is 11.7. The molecule has 0 aliphatic heterocycles. The van der Waals surface area contributed by atoms with Crippen molar-refractivity contribution in [2.75, 3.05) is 5.32 Å². The lowest BCUT2D eigenvalue weighted by atomic mass is 9.97. The SMILES string of the molecule is CC[C@H](C)c1ccc(C(=O)Nc2ccccc2C(=O)O)cc1. The number of benzene rings is 2. The largest absolute Gasteiger partial charge is 0.478 e. The molecule has 0 saturated heterocycles. The molecule has 114 valence electrons. The number of anilines is 1. The van der Waals surface area contributed by atoms with Crippen molar-refractivity contribution >= 4 is 17.6 Å². The highest BCUT2D eigenvalue weighted by molar-refractivity contribution is 6.07. The van der Waals surface area contributed by atoms with Crippen LogP contribution in [0.2, 0.25) is 0 Å². The fraction of sp³-hybridized carbons (Fsp3) is 0.222. The van der Waals surface area contributed by atoms with Crippen LogP contribution in [0.25, 0.3) is 0 Å². The Kier molecular flexibility index (Phi) is 4.94. The molecule has 0 spiro atoms. The Hall–Kier alpha value is -2.62. The van der Waals surface area contributed by atoms with Crippen molar-refractivity contribution < 1.29 is 14.7 Å². The molecule has 0 aromatic heterocycles. The summed E-state index contributed by atoms with van der Waals surface area (Å²) < 4.78 is 0. The highest BCUT2D eigenvalue weighted by Crippen LogP contribution is 2.20. The zero-order valence-corrected chi connectivity index (χ0v) is 12.7. The number of hydrogen-bond donors (Lipinski definition) is 2. The second kappa shape index (κ2) is 6.89. The lowest BCUT2D eigenvalue weighted by Crippen LogP contribution is -2.14. The minimum atomic E-state index is -1.07. The fourth-order valence-electron chi connectivity index (χ4n) is 2.17. The summed E-state index contributed by atoms with van der Waals surface area (Å²) in [5.41, 5.74) is 2.07. The molecule has 0 aliphatic carbocycles. The van der Waals surface area contributed by atoms with E-state index in [-0.39, 0.29) is 11.5 Å². The number of nitrogens with one attached hydrogen (secondary N) is 1. The Balaban J connectivity index is 2.18. The molecule has 0 bridgehead atoms. The fourth-order valence-corrected chi connectivity index (χ4v) is 2.17. The monoisotopic (exact) mass is 297 g/mol. The zero-order chi connectivity index (χ0) is 16.1. The van der Waals surface area contributed by atoms with Crippen molar-refractivity contribution in [1.29, 1.82) is 0 Å². The smallest absolute Gasteiger partial charge is 0.337 e. The average molecular weight is 297 g/mol. The first-order valence-corrected chi connectivity index (χ1v) is 7.26. The quantitative estimate of drug-likeness (QED) is 0.871. The summed E-state index contributed by atoms with van der Waals surface area (Å²) >= 11 is 0. The molecular weight excluding hydrogens is 278 g/mol. The van der Waals surface area contributed by atoms with E-state index in [9.17, 15) is 9.59 Å². The van der Waals surface area contributed by atoms with Crippen LogP contribution in [0.5, 0.6) is 0 Å². The molecule has 0 unspecified atom stereocenters. The van der Waals surface area contributed by atoms with Crippen LogP contribution in [0, 0.1) is 0 Å². The molecule has 22 heavy (non-hydrogen) atoms. The maximum absolute atomic E-state index is 12.2. The zero-order valence-electron chi connectivity index (χ0n) is 12.7. The number of aromatic carboxylic acids is 1. The molecule has 0 aliphatic rings. The van der Waals surface area contributed by atoms with Gasteiger partial charge < -0.3 is 10.4 Å². The Morgan fingerprint density at radius 1 is 1.09 bits per heavy atom. The van der Waals surface area contributed by atoms with Gasteiger partial charge in [-0.3, -0.25) is 4.79 Å². The number of carboxylic acid groups (broad SMARTS) is 1. The Bertz CT molecular complexity index is 677. The summed E-state index contributed by atoms with van der Waals surface area (Å²) in [5.74, 6) is -0.933. The van der Waals surface area contributed by atoms with Gasteiger partial charge in [-0.05, 0) is 42.2 Å². The predicted molar refractivity (Wildman–Crippen MR) is 86.5 cm³/mol. The first-order chi connectivity index (χ1) is 10.5. The van der Waals surface area contributed by atoms with Gasteiger partial charge in [0.25, 0.3) is 5.91 Å². The standard InChI is InChI=1S/C18H19NO3/c1-3-12(2)13-8-10-14(11-9-13)17(20)19-16-7-5-4-6-15(16)18(21)22/h4-12H,3H2,1-2H3,(H,19,20)(H,21,22)/t12-/m0/s1. The molecule has 2 N–H and O–H groups in total. The molecule has 1 amide bonds. The summed E-state index contributed by atoms with van der Waals surface area (Å²) in [6, 6.07) is 13.8. The lowest BCUT2D eigenvalue weighted by molar-refractivity contribution is 0.0698. The Labute approximate surface area is 129 Å². The van der Waals surface area contributed by atoms with E-state index in [1.807, 2.05) is 12.1 Å². The molecule has 4 nitrogen and oxygen atoms in total. The minimum Gasteiger partial charge on any atom is -0.478 e. The molecule has 2 aromatic carbocycles. The van der Waals surface area contributed by atoms with Crippen LogP contribution in [0.3, 0.4) is 0 Å². The third-order valence-electron chi connectivity index (χ3n) is 3.76. The summed E-state index contributed by atoms with van der Waals surface area (Å²) in [6.45, 7) is 4.26. The van der Waals surface area contributed by atoms with Crippen molar-refractivity contribution in [3.63, 3.8) is 0 Å². The van der Waals surface area contributed by atoms with Gasteiger partial charge in [0, 0.05) is 5.56 Å². The van der Waals surface area contributed by atoms with Gasteiger partial charge in [0.15, 0.2) is 0 Å². The minimum absolute atomic E-state index is 0.0760. The molecule has 0 heterocycles. The highest BCUT2D eigenvalue weighted by Gasteiger charge is 2.13. The molecule has 0 fully saturated rings. The lowest BCUT2D eigenvalue weighted by Gasteiger charge is -2.11. The van der Waals surface area contributed by atoms with Crippen molar-refractivity contribution in [3.8, 4) is 0 Å². The number of para-hydroxylation sites is 1. The second-order valence-corrected chi connectivity index (χ2v) is 5.24. The van der Waals surface area contributed by atoms with Crippen LogP contribution in [0.4, 0.5) is 5.69 Å². The summed E-state index contributed by atoms with van der Waals surface area (Å²) in [6.07, 6.45) is 1.04. The van der Waals surface area contributed by atoms with Gasteiger partial charge in [-0.25, -0.2) is 4.79 Å². The Morgan fingerprint density at radius 2 is 1.73 bits per heavy atom. The molecule has 0 saturated carbocycles. The molecule has 4 heteroatoms. The van der Waals surface area contributed by atoms with Gasteiger partial charge in [-0.1, -0.05) is 38.1 Å². The van der Waals surface area contributed by atoms with Crippen molar-refractivity contribution in [2.45, 2.75) is 26.2 Å². The van der Waals surface area contributed by atoms with Crippen LogP contribution in [-0.2, 0) is 0 Å². The van der Waals surface area contributed by atoms with E-state index in [0.717, 1.165) is 6.42 Å². The van der Waals surface area contributed by atoms with Crippen LogP contribution in [0.15, 0.2) is 48.5 Å². The highest BCUT2D eigenvalue weighted by atomic mass is 16.4. The first-order valence-electron chi connectivity index (χ1n) is 7.26. The molecule has 2 aromatic rings. The van der Waals surface area contributed by atoms with E-state index < -0.39 is 5.97 Å². The van der Waals surface area contributed by atoms with E-state index in [2.05, 4.69) is 19.2 Å².